The Morgan fingerprint density at radius 3 is 2.17 bits per heavy atom. The number of esters is 2. The van der Waals surface area contributed by atoms with Gasteiger partial charge in [0.15, 0.2) is 0 Å². The molecule has 1 N–H and O–H groups in total. The molecule has 236 valence electrons. The Bertz CT molecular complexity index is 1130. The van der Waals surface area contributed by atoms with Crippen molar-refractivity contribution in [3.05, 3.63) is 12.2 Å². The van der Waals surface area contributed by atoms with Crippen LogP contribution in [0.1, 0.15) is 126 Å². The minimum atomic E-state index is -0.961. The van der Waals surface area contributed by atoms with Crippen LogP contribution in [0.2, 0.25) is 0 Å². The number of allylic oxidation sites excluding steroid dienone is 1. The zero-order chi connectivity index (χ0) is 30.9. The molecule has 0 aromatic rings. The first-order valence-corrected chi connectivity index (χ1v) is 16.7. The van der Waals surface area contributed by atoms with E-state index in [0.29, 0.717) is 36.2 Å². The Morgan fingerprint density at radius 1 is 0.810 bits per heavy atom. The van der Waals surface area contributed by atoms with E-state index in [1.807, 2.05) is 0 Å². The van der Waals surface area contributed by atoms with Crippen LogP contribution in [0.25, 0.3) is 0 Å². The standard InChI is InChI=1S/C36H56O6/c1-22(2)24-13-18-36(21-41-23(3)37)20-19-34(7)25(31(24)36)9-10-27-33(6)16-15-28(42-30(40)12-11-29(38)39)32(4,5)26(33)14-17-35(27,34)8/h24-28,31H,1,9-21H2,2-8H3,(H,38,39)/t24-,25+,26-,27-,28-,31-,33-,34+,35+,36+/m0/s1. The largest absolute Gasteiger partial charge is 0.481 e. The van der Waals surface area contributed by atoms with Crippen LogP contribution in [0.5, 0.6) is 0 Å². The molecule has 0 aromatic carbocycles. The number of rotatable bonds is 7. The molecule has 5 fully saturated rings. The summed E-state index contributed by atoms with van der Waals surface area (Å²) < 4.78 is 11.8. The monoisotopic (exact) mass is 584 g/mol. The van der Waals surface area contributed by atoms with Gasteiger partial charge in [0.05, 0.1) is 19.4 Å². The summed E-state index contributed by atoms with van der Waals surface area (Å²) in [5.74, 6) is 1.19. The second-order valence-electron chi connectivity index (χ2n) is 16.6. The van der Waals surface area contributed by atoms with Gasteiger partial charge in [-0.2, -0.15) is 0 Å². The van der Waals surface area contributed by atoms with Crippen molar-refractivity contribution in [2.75, 3.05) is 6.61 Å². The number of ether oxygens (including phenoxy) is 2. The Labute approximate surface area is 253 Å². The Balaban J connectivity index is 1.42. The zero-order valence-corrected chi connectivity index (χ0v) is 27.4. The molecule has 42 heavy (non-hydrogen) atoms. The first-order chi connectivity index (χ1) is 19.5. The van der Waals surface area contributed by atoms with E-state index in [-0.39, 0.29) is 58.0 Å². The fourth-order valence-electron chi connectivity index (χ4n) is 12.4. The van der Waals surface area contributed by atoms with E-state index in [1.54, 1.807) is 6.92 Å². The van der Waals surface area contributed by atoms with Crippen LogP contribution in [-0.4, -0.2) is 35.7 Å². The summed E-state index contributed by atoms with van der Waals surface area (Å²) in [4.78, 5) is 35.5. The highest BCUT2D eigenvalue weighted by Gasteiger charge is 2.71. The molecule has 0 aromatic heterocycles. The quantitative estimate of drug-likeness (QED) is 0.241. The molecule has 0 spiro atoms. The van der Waals surface area contributed by atoms with Gasteiger partial charge in [-0.1, -0.05) is 46.8 Å². The summed E-state index contributed by atoms with van der Waals surface area (Å²) in [6, 6.07) is 0. The third kappa shape index (κ3) is 4.67. The number of carbonyl (C=O) groups excluding carboxylic acids is 2. The van der Waals surface area contributed by atoms with Crippen molar-refractivity contribution in [2.45, 2.75) is 132 Å². The van der Waals surface area contributed by atoms with E-state index >= 15 is 0 Å². The van der Waals surface area contributed by atoms with E-state index in [0.717, 1.165) is 38.5 Å². The molecule has 10 atom stereocenters. The summed E-state index contributed by atoms with van der Waals surface area (Å²) in [7, 11) is 0. The maximum absolute atomic E-state index is 12.6. The third-order valence-corrected chi connectivity index (χ3v) is 14.6. The highest BCUT2D eigenvalue weighted by atomic mass is 16.5. The van der Waals surface area contributed by atoms with E-state index in [4.69, 9.17) is 14.6 Å². The molecule has 0 aliphatic heterocycles. The molecule has 6 nitrogen and oxygen atoms in total. The maximum Gasteiger partial charge on any atom is 0.306 e. The lowest BCUT2D eigenvalue weighted by molar-refractivity contribution is -0.252. The van der Waals surface area contributed by atoms with E-state index in [2.05, 4.69) is 48.1 Å². The summed E-state index contributed by atoms with van der Waals surface area (Å²) in [5.41, 5.74) is 1.83. The molecule has 5 rings (SSSR count). The topological polar surface area (TPSA) is 89.9 Å². The van der Waals surface area contributed by atoms with Crippen molar-refractivity contribution in [3.63, 3.8) is 0 Å². The van der Waals surface area contributed by atoms with Gasteiger partial charge in [-0.15, -0.1) is 0 Å². The lowest BCUT2D eigenvalue weighted by atomic mass is 9.32. The number of carboxylic acids is 1. The van der Waals surface area contributed by atoms with E-state index in [1.165, 1.54) is 31.3 Å². The van der Waals surface area contributed by atoms with Crippen molar-refractivity contribution in [2.24, 2.45) is 56.7 Å². The lowest BCUT2D eigenvalue weighted by Crippen LogP contribution is -2.67. The van der Waals surface area contributed by atoms with Crippen molar-refractivity contribution >= 4 is 17.9 Å². The average Bonchev–Trinajstić information content (AvgIpc) is 3.29. The van der Waals surface area contributed by atoms with Crippen LogP contribution < -0.4 is 0 Å². The van der Waals surface area contributed by atoms with Gasteiger partial charge in [0.25, 0.3) is 0 Å². The zero-order valence-electron chi connectivity index (χ0n) is 27.4. The minimum absolute atomic E-state index is 0.0599. The normalized spacial score (nSPS) is 45.4. The van der Waals surface area contributed by atoms with Crippen LogP contribution in [0.15, 0.2) is 12.2 Å². The molecule has 0 amide bonds. The Hall–Kier alpha value is -1.85. The molecule has 6 heteroatoms. The number of hydrogen-bond acceptors (Lipinski definition) is 5. The van der Waals surface area contributed by atoms with Gasteiger partial charge >= 0.3 is 17.9 Å². The van der Waals surface area contributed by atoms with Crippen molar-refractivity contribution in [1.82, 2.24) is 0 Å². The summed E-state index contributed by atoms with van der Waals surface area (Å²) in [5, 5.41) is 9.02. The van der Waals surface area contributed by atoms with Crippen molar-refractivity contribution < 1.29 is 29.0 Å². The molecule has 0 saturated heterocycles. The molecule has 0 heterocycles. The fraction of sp³-hybridized carbons (Fsp3) is 0.861. The highest BCUT2D eigenvalue weighted by Crippen LogP contribution is 2.77. The molecule has 0 radical (unpaired) electrons. The minimum Gasteiger partial charge on any atom is -0.481 e. The van der Waals surface area contributed by atoms with Gasteiger partial charge in [0, 0.05) is 17.8 Å². The SMILES string of the molecule is C=C(C)[C@@H]1CC[C@]2(COC(C)=O)CC[C@]3(C)[C@H](CC[C@H]4[C@@]5(C)CC[C@H](OC(=O)CCC(=O)O)C(C)(C)[C@@H]5CC[C@]43C)[C@H]12. The van der Waals surface area contributed by atoms with Gasteiger partial charge in [-0.05, 0) is 117 Å². The number of aliphatic carboxylic acids is 1. The van der Waals surface area contributed by atoms with Crippen LogP contribution in [-0.2, 0) is 23.9 Å². The Kier molecular flexibility index (Phi) is 8.00. The van der Waals surface area contributed by atoms with Gasteiger partial charge in [-0.3, -0.25) is 14.4 Å². The molecular weight excluding hydrogens is 528 g/mol. The molecule has 5 saturated carbocycles. The highest BCUT2D eigenvalue weighted by molar-refractivity contribution is 5.76. The summed E-state index contributed by atoms with van der Waals surface area (Å²) >= 11 is 0. The fourth-order valence-corrected chi connectivity index (χ4v) is 12.4. The van der Waals surface area contributed by atoms with Crippen molar-refractivity contribution in [3.8, 4) is 0 Å². The van der Waals surface area contributed by atoms with E-state index < -0.39 is 5.97 Å². The average molecular weight is 585 g/mol. The predicted octanol–water partition coefficient (Wildman–Crippen LogP) is 7.98. The first kappa shape index (κ1) is 31.6. The van der Waals surface area contributed by atoms with Gasteiger partial charge < -0.3 is 14.6 Å². The number of hydrogen-bond donors (Lipinski definition) is 1. The third-order valence-electron chi connectivity index (χ3n) is 14.6. The summed E-state index contributed by atoms with van der Waals surface area (Å²) in [6.07, 6.45) is 10.9. The summed E-state index contributed by atoms with van der Waals surface area (Å²) in [6.45, 7) is 21.2. The van der Waals surface area contributed by atoms with Crippen LogP contribution >= 0.6 is 0 Å². The van der Waals surface area contributed by atoms with Gasteiger partial charge in [-0.25, -0.2) is 0 Å². The van der Waals surface area contributed by atoms with Crippen molar-refractivity contribution in [1.29, 1.82) is 0 Å². The molecular formula is C36H56O6. The van der Waals surface area contributed by atoms with Gasteiger partial charge in [0.1, 0.15) is 6.10 Å². The van der Waals surface area contributed by atoms with Crippen LogP contribution in [0.4, 0.5) is 0 Å². The molecule has 0 bridgehead atoms. The van der Waals surface area contributed by atoms with Crippen LogP contribution in [0.3, 0.4) is 0 Å². The molecule has 5 aliphatic carbocycles. The second kappa shape index (κ2) is 10.6. The Morgan fingerprint density at radius 2 is 1.52 bits per heavy atom. The maximum atomic E-state index is 12.6. The first-order valence-electron chi connectivity index (χ1n) is 16.7. The van der Waals surface area contributed by atoms with E-state index in [9.17, 15) is 14.4 Å². The number of fused-ring (bicyclic) bond motifs is 7. The molecule has 5 aliphatic rings. The van der Waals surface area contributed by atoms with Gasteiger partial charge in [0.2, 0.25) is 0 Å². The predicted molar refractivity (Wildman–Crippen MR) is 162 cm³/mol. The second-order valence-corrected chi connectivity index (χ2v) is 16.6. The smallest absolute Gasteiger partial charge is 0.306 e. The van der Waals surface area contributed by atoms with Crippen LogP contribution in [0, 0.1) is 56.7 Å². The lowest BCUT2D eigenvalue weighted by Gasteiger charge is -2.73. The number of carbonyl (C=O) groups is 3. The molecule has 0 unspecified atom stereocenters. The number of carboxylic acid groups (broad SMARTS) is 1.